The number of carbonyl (C=O) groups is 2. The predicted octanol–water partition coefficient (Wildman–Crippen LogP) is 5.08. The van der Waals surface area contributed by atoms with Crippen molar-refractivity contribution in [3.8, 4) is 17.1 Å². The zero-order valence-electron chi connectivity index (χ0n) is 23.6. The molecule has 0 radical (unpaired) electrons. The number of methoxy groups -OCH3 is 1. The first kappa shape index (κ1) is 28.7. The van der Waals surface area contributed by atoms with Crippen LogP contribution < -0.4 is 15.8 Å². The number of nitrogens with zero attached hydrogens (tertiary/aromatic N) is 4. The zero-order chi connectivity index (χ0) is 29.3. The first-order chi connectivity index (χ1) is 20.5. The van der Waals surface area contributed by atoms with Gasteiger partial charge in [0.05, 0.1) is 48.0 Å². The van der Waals surface area contributed by atoms with Crippen LogP contribution in [-0.4, -0.2) is 51.0 Å². The molecule has 1 atom stereocenters. The number of Topliss-reactive ketones (excluding diaryl/α,β-unsaturated/α-hetero) is 1. The first-order valence-electron chi connectivity index (χ1n) is 14.2. The molecule has 1 unspecified atom stereocenters. The third kappa shape index (κ3) is 7.09. The average molecular weight is 570 g/mol. The van der Waals surface area contributed by atoms with Crippen LogP contribution in [0.4, 0.5) is 0 Å². The minimum absolute atomic E-state index is 0.115. The molecule has 11 heteroatoms. The lowest BCUT2D eigenvalue weighted by atomic mass is 10.0. The largest absolute Gasteiger partial charge is 0.480 e. The summed E-state index contributed by atoms with van der Waals surface area (Å²) in [6.07, 6.45) is 12.3. The zero-order valence-corrected chi connectivity index (χ0v) is 23.6. The number of H-pyrrole nitrogens is 1. The minimum atomic E-state index is -0.437. The van der Waals surface area contributed by atoms with E-state index in [1.54, 1.807) is 19.4 Å². The second-order valence-corrected chi connectivity index (χ2v) is 10.2. The molecule has 42 heavy (non-hydrogen) atoms. The van der Waals surface area contributed by atoms with Gasteiger partial charge in [-0.1, -0.05) is 31.0 Å². The number of imidazole rings is 1. The van der Waals surface area contributed by atoms with Gasteiger partial charge in [-0.15, -0.1) is 0 Å². The molecule has 0 fully saturated rings. The monoisotopic (exact) mass is 569 g/mol. The number of oxazole rings is 1. The fraction of sp³-hybridized carbons (Fsp3) is 0.355. The van der Waals surface area contributed by atoms with E-state index in [9.17, 15) is 9.59 Å². The summed E-state index contributed by atoms with van der Waals surface area (Å²) < 4.78 is 10.7. The van der Waals surface area contributed by atoms with Crippen LogP contribution in [0.5, 0.6) is 5.88 Å². The number of aromatic amines is 1. The van der Waals surface area contributed by atoms with Gasteiger partial charge in [-0.05, 0) is 50.3 Å². The fourth-order valence-corrected chi connectivity index (χ4v) is 4.98. The molecule has 1 aliphatic rings. The number of ether oxygens (including phenoxy) is 1. The van der Waals surface area contributed by atoms with Crippen molar-refractivity contribution in [2.24, 2.45) is 10.7 Å². The number of ketones is 1. The number of amides is 1. The smallest absolute Gasteiger partial charge is 0.267 e. The maximum atomic E-state index is 13.1. The molecular weight excluding hydrogens is 534 g/mol. The maximum Gasteiger partial charge on any atom is 0.267 e. The number of carbonyl (C=O) groups excluding carboxylic acids is 2. The van der Waals surface area contributed by atoms with Crippen LogP contribution in [0.1, 0.15) is 73.9 Å². The molecule has 0 bridgehead atoms. The van der Waals surface area contributed by atoms with Crippen LogP contribution in [0, 0.1) is 0 Å². The molecule has 4 heterocycles. The summed E-state index contributed by atoms with van der Waals surface area (Å²) in [5.41, 5.74) is 9.45. The quantitative estimate of drug-likeness (QED) is 0.114. The summed E-state index contributed by atoms with van der Waals surface area (Å²) in [6, 6.07) is 9.38. The molecule has 5 rings (SSSR count). The van der Waals surface area contributed by atoms with Crippen molar-refractivity contribution >= 4 is 28.3 Å². The van der Waals surface area contributed by atoms with Crippen LogP contribution in [-0.2, 0) is 4.79 Å². The van der Waals surface area contributed by atoms with Gasteiger partial charge in [0.1, 0.15) is 12.1 Å². The summed E-state index contributed by atoms with van der Waals surface area (Å²) >= 11 is 0. The fourth-order valence-electron chi connectivity index (χ4n) is 4.98. The van der Waals surface area contributed by atoms with Gasteiger partial charge < -0.3 is 25.2 Å². The molecule has 3 aromatic heterocycles. The van der Waals surface area contributed by atoms with Crippen molar-refractivity contribution in [2.75, 3.05) is 13.7 Å². The Bertz CT molecular complexity index is 1590. The number of benzene rings is 1. The van der Waals surface area contributed by atoms with Gasteiger partial charge in [0, 0.05) is 24.1 Å². The van der Waals surface area contributed by atoms with E-state index in [4.69, 9.17) is 14.9 Å². The molecule has 1 aliphatic heterocycles. The number of allylic oxidation sites excluding steroid dienone is 1. The number of unbranched alkanes of at least 4 members (excludes halogenated alkanes) is 2. The molecule has 218 valence electrons. The van der Waals surface area contributed by atoms with E-state index in [-0.39, 0.29) is 23.3 Å². The predicted molar refractivity (Wildman–Crippen MR) is 159 cm³/mol. The molecule has 4 N–H and O–H groups in total. The average Bonchev–Trinajstić information content (AvgIpc) is 3.73. The number of hydrogen-bond donors (Lipinski definition) is 3. The Morgan fingerprint density at radius 2 is 2.07 bits per heavy atom. The Morgan fingerprint density at radius 3 is 2.86 bits per heavy atom. The topological polar surface area (TPSA) is 161 Å². The Hall–Kier alpha value is -4.80. The summed E-state index contributed by atoms with van der Waals surface area (Å²) in [6.45, 7) is 0.754. The molecule has 0 saturated heterocycles. The van der Waals surface area contributed by atoms with E-state index < -0.39 is 6.04 Å². The van der Waals surface area contributed by atoms with Crippen molar-refractivity contribution in [2.45, 2.75) is 57.4 Å². The number of para-hydroxylation sites is 1. The minimum Gasteiger partial charge on any atom is -0.480 e. The number of aromatic nitrogens is 4. The number of nitrogens with two attached hydrogens (primary N) is 1. The Balaban J connectivity index is 1.31. The van der Waals surface area contributed by atoms with Crippen molar-refractivity contribution in [1.29, 1.82) is 0 Å². The molecule has 1 aromatic carbocycles. The van der Waals surface area contributed by atoms with Crippen molar-refractivity contribution in [3.63, 3.8) is 0 Å². The highest BCUT2D eigenvalue weighted by molar-refractivity contribution is 6.03. The SMILES string of the molecule is COc1nc2ccccc2cc1-c1cnc(C(CCCCCC(=O)c2ncco2)NC(=O)C(N)=CC2=NCCCC2)[nH]1. The van der Waals surface area contributed by atoms with Crippen molar-refractivity contribution < 1.29 is 18.7 Å². The van der Waals surface area contributed by atoms with E-state index in [1.807, 2.05) is 30.3 Å². The number of fused-ring (bicyclic) bond motifs is 1. The molecule has 11 nitrogen and oxygen atoms in total. The molecule has 4 aromatic rings. The van der Waals surface area contributed by atoms with Crippen molar-refractivity contribution in [1.82, 2.24) is 25.3 Å². The lowest BCUT2D eigenvalue weighted by Crippen LogP contribution is -2.33. The van der Waals surface area contributed by atoms with E-state index in [2.05, 4.69) is 30.2 Å². The Kier molecular flexibility index (Phi) is 9.37. The summed E-state index contributed by atoms with van der Waals surface area (Å²) in [4.78, 5) is 46.4. The number of rotatable bonds is 13. The van der Waals surface area contributed by atoms with Gasteiger partial charge in [-0.2, -0.15) is 0 Å². The van der Waals surface area contributed by atoms with E-state index >= 15 is 0 Å². The van der Waals surface area contributed by atoms with E-state index in [0.717, 1.165) is 66.5 Å². The van der Waals surface area contributed by atoms with Gasteiger partial charge in [0.15, 0.2) is 0 Å². The highest BCUT2D eigenvalue weighted by Gasteiger charge is 2.21. The second kappa shape index (κ2) is 13.7. The van der Waals surface area contributed by atoms with Gasteiger partial charge in [0.2, 0.25) is 11.7 Å². The van der Waals surface area contributed by atoms with Gasteiger partial charge in [0.25, 0.3) is 11.8 Å². The number of hydrogen-bond acceptors (Lipinski definition) is 9. The molecule has 0 aliphatic carbocycles. The number of pyridine rings is 1. The molecule has 0 saturated carbocycles. The second-order valence-electron chi connectivity index (χ2n) is 10.2. The summed E-state index contributed by atoms with van der Waals surface area (Å²) in [7, 11) is 1.58. The van der Waals surface area contributed by atoms with Gasteiger partial charge >= 0.3 is 0 Å². The maximum absolute atomic E-state index is 13.1. The van der Waals surface area contributed by atoms with Gasteiger partial charge in [-0.3, -0.25) is 14.6 Å². The Labute approximate surface area is 243 Å². The van der Waals surface area contributed by atoms with Crippen LogP contribution in [0.3, 0.4) is 0 Å². The van der Waals surface area contributed by atoms with E-state index in [0.29, 0.717) is 31.0 Å². The highest BCUT2D eigenvalue weighted by Crippen LogP contribution is 2.31. The Morgan fingerprint density at radius 1 is 1.19 bits per heavy atom. The first-order valence-corrected chi connectivity index (χ1v) is 14.2. The normalized spacial score (nSPS) is 14.4. The lowest BCUT2D eigenvalue weighted by molar-refractivity contribution is -0.118. The third-order valence-electron chi connectivity index (χ3n) is 7.21. The molecule has 0 spiro atoms. The van der Waals surface area contributed by atoms with Crippen molar-refractivity contribution in [3.05, 3.63) is 72.5 Å². The van der Waals surface area contributed by atoms with E-state index in [1.165, 1.54) is 12.5 Å². The van der Waals surface area contributed by atoms with Gasteiger partial charge in [-0.25, -0.2) is 15.0 Å². The summed E-state index contributed by atoms with van der Waals surface area (Å²) in [5, 5.41) is 4.02. The lowest BCUT2D eigenvalue weighted by Gasteiger charge is -2.17. The standard InChI is InChI=1S/C31H35N7O4/c1-41-30-22(17-20-9-5-6-11-24(20)38-30)26-19-35-28(36-26)25(12-3-2-4-13-27(39)31-34-15-16-42-31)37-29(40)23(32)18-21-10-7-8-14-33-21/h5-6,9,11,15-19,25H,2-4,7-8,10,12-14,32H2,1H3,(H,35,36)(H,37,40). The van der Waals surface area contributed by atoms with Crippen LogP contribution >= 0.6 is 0 Å². The van der Waals surface area contributed by atoms with Crippen LogP contribution in [0.2, 0.25) is 0 Å². The summed E-state index contributed by atoms with van der Waals surface area (Å²) in [5.74, 6) is 0.691. The third-order valence-corrected chi connectivity index (χ3v) is 7.21. The number of nitrogens with one attached hydrogen (secondary N) is 2. The van der Waals surface area contributed by atoms with Crippen LogP contribution in [0.15, 0.2) is 70.2 Å². The molecular formula is C31H35N7O4. The highest BCUT2D eigenvalue weighted by atomic mass is 16.5. The number of aliphatic imine (C=N–C) groups is 1. The molecule has 1 amide bonds. The van der Waals surface area contributed by atoms with Crippen LogP contribution in [0.25, 0.3) is 22.2 Å².